The van der Waals surface area contributed by atoms with Crippen molar-refractivity contribution in [1.82, 2.24) is 15.5 Å². The number of Topliss-reactive ketones (excluding diaryl/α,β-unsaturated/α-hetero) is 1. The number of benzene rings is 1. The number of aliphatic hydroxyl groups excluding tert-OH is 1. The van der Waals surface area contributed by atoms with Crippen molar-refractivity contribution in [2.45, 2.75) is 85.2 Å². The first-order valence-electron chi connectivity index (χ1n) is 19.8. The molecule has 1 aliphatic heterocycles. The largest absolute Gasteiger partial charge is 0.493 e. The number of nitrogens with two attached hydrogens (primary N) is 1. The van der Waals surface area contributed by atoms with Crippen molar-refractivity contribution in [2.24, 2.45) is 23.5 Å². The fraction of sp³-hybridized carbons (Fsp3) is 0.545. The molecule has 0 spiro atoms. The molecule has 3 rings (SSSR count). The van der Waals surface area contributed by atoms with E-state index in [1.165, 1.54) is 20.3 Å². The quantitative estimate of drug-likeness (QED) is 0.152. The van der Waals surface area contributed by atoms with Crippen LogP contribution in [-0.2, 0) is 35.0 Å². The zero-order chi connectivity index (χ0) is 43.1. The third-order valence-corrected chi connectivity index (χ3v) is 10.3. The lowest BCUT2D eigenvalue weighted by Gasteiger charge is -2.30. The molecule has 58 heavy (non-hydrogen) atoms. The highest BCUT2D eigenvalue weighted by atomic mass is 16.6. The summed E-state index contributed by atoms with van der Waals surface area (Å²) >= 11 is 0. The summed E-state index contributed by atoms with van der Waals surface area (Å²) in [5.41, 5.74) is 7.64. The average molecular weight is 809 g/mol. The lowest BCUT2D eigenvalue weighted by molar-refractivity contribution is -0.120. The number of ketones is 2. The maximum atomic E-state index is 14.2. The van der Waals surface area contributed by atoms with Crippen molar-refractivity contribution < 1.29 is 48.0 Å². The molecule has 2 amide bonds. The molecule has 320 valence electrons. The lowest BCUT2D eigenvalue weighted by Crippen LogP contribution is -2.40. The third-order valence-electron chi connectivity index (χ3n) is 10.3. The van der Waals surface area contributed by atoms with E-state index in [9.17, 15) is 24.3 Å². The Morgan fingerprint density at radius 2 is 1.74 bits per heavy atom. The molecule has 1 aromatic rings. The minimum absolute atomic E-state index is 0.129. The van der Waals surface area contributed by atoms with E-state index in [2.05, 4.69) is 29.4 Å². The Kier molecular flexibility index (Phi) is 18.9. The Bertz CT molecular complexity index is 1760. The summed E-state index contributed by atoms with van der Waals surface area (Å²) in [4.78, 5) is 55.6. The van der Waals surface area contributed by atoms with E-state index in [1.54, 1.807) is 46.3 Å². The standard InChI is InChI=1S/C44H64N4O10/c1-26(2)25-48(18-16-31-14-15-35(54-7)37(23-31)56-9)19-17-46-39-32-20-27(3)21-38(57-10)40(50)29(5)22-30(6)42(58-44(45)53)36(55-8)13-11-12-28(4)43(52)47-33(41(32)51)24-34(39)49/h11-15,22-24,26-27,29,36,38,40,42,46,50H,16-21,25H2,1-10H3,(H2,45,53)(H,47,52)/b13-11-,28-12+,30-22+/t27-,29+,36+,38+,40-,42+/m1/s1. The van der Waals surface area contributed by atoms with Crippen LogP contribution >= 0.6 is 0 Å². The van der Waals surface area contributed by atoms with E-state index in [4.69, 9.17) is 29.4 Å². The van der Waals surface area contributed by atoms with Crippen molar-refractivity contribution >= 4 is 23.6 Å². The summed E-state index contributed by atoms with van der Waals surface area (Å²) in [6.45, 7) is 13.9. The van der Waals surface area contributed by atoms with Gasteiger partial charge in [0.15, 0.2) is 17.6 Å². The van der Waals surface area contributed by atoms with E-state index < -0.39 is 53.9 Å². The molecule has 0 unspecified atom stereocenters. The molecule has 5 N–H and O–H groups in total. The Morgan fingerprint density at radius 1 is 1.03 bits per heavy atom. The number of nitrogens with zero attached hydrogens (tertiary/aromatic N) is 1. The number of rotatable bonds is 14. The number of methoxy groups -OCH3 is 4. The summed E-state index contributed by atoms with van der Waals surface area (Å²) in [5.74, 6) is -0.464. The van der Waals surface area contributed by atoms with Crippen molar-refractivity contribution in [1.29, 1.82) is 0 Å². The van der Waals surface area contributed by atoms with Gasteiger partial charge in [-0.2, -0.15) is 0 Å². The highest BCUT2D eigenvalue weighted by Crippen LogP contribution is 2.30. The fourth-order valence-corrected chi connectivity index (χ4v) is 7.25. The van der Waals surface area contributed by atoms with Crippen LogP contribution in [0.2, 0.25) is 0 Å². The first kappa shape index (κ1) is 47.6. The predicted molar refractivity (Wildman–Crippen MR) is 222 cm³/mol. The van der Waals surface area contributed by atoms with Crippen LogP contribution in [0.25, 0.3) is 0 Å². The molecule has 0 saturated carbocycles. The monoisotopic (exact) mass is 808 g/mol. The molecule has 2 aliphatic rings. The number of carbonyl (C=O) groups is 4. The minimum atomic E-state index is -1.00. The maximum absolute atomic E-state index is 14.2. The molecule has 0 radical (unpaired) electrons. The minimum Gasteiger partial charge on any atom is -0.493 e. The van der Waals surface area contributed by atoms with Gasteiger partial charge >= 0.3 is 6.09 Å². The topological polar surface area (TPSA) is 188 Å². The maximum Gasteiger partial charge on any atom is 0.405 e. The van der Waals surface area contributed by atoms with Crippen LogP contribution < -0.4 is 25.8 Å². The van der Waals surface area contributed by atoms with Crippen molar-refractivity contribution in [3.8, 4) is 11.5 Å². The molecule has 0 saturated heterocycles. The molecule has 1 aromatic carbocycles. The third kappa shape index (κ3) is 13.7. The number of nitrogens with one attached hydrogen (secondary N) is 2. The second-order valence-electron chi connectivity index (χ2n) is 15.5. The van der Waals surface area contributed by atoms with E-state index in [0.29, 0.717) is 42.5 Å². The number of aliphatic hydroxyl groups is 1. The molecule has 0 aromatic heterocycles. The zero-order valence-corrected chi connectivity index (χ0v) is 35.8. The smallest absolute Gasteiger partial charge is 0.405 e. The van der Waals surface area contributed by atoms with Gasteiger partial charge in [0.1, 0.15) is 6.10 Å². The fourth-order valence-electron chi connectivity index (χ4n) is 7.25. The molecule has 0 fully saturated rings. The molecule has 1 aliphatic carbocycles. The van der Waals surface area contributed by atoms with Crippen molar-refractivity contribution in [3.05, 3.63) is 82.3 Å². The summed E-state index contributed by atoms with van der Waals surface area (Å²) in [6, 6.07) is 5.88. The molecule has 2 bridgehead atoms. The van der Waals surface area contributed by atoms with Gasteiger partial charge in [0, 0.05) is 63.5 Å². The van der Waals surface area contributed by atoms with E-state index >= 15 is 0 Å². The van der Waals surface area contributed by atoms with Crippen LogP contribution in [0, 0.1) is 17.8 Å². The van der Waals surface area contributed by atoms with Crippen LogP contribution in [0.3, 0.4) is 0 Å². The van der Waals surface area contributed by atoms with Crippen molar-refractivity contribution in [2.75, 3.05) is 54.6 Å². The first-order chi connectivity index (χ1) is 27.5. The normalized spacial score (nSPS) is 26.3. The van der Waals surface area contributed by atoms with Gasteiger partial charge in [-0.05, 0) is 68.2 Å². The van der Waals surface area contributed by atoms with Crippen LogP contribution in [0.15, 0.2) is 76.7 Å². The molecule has 1 heterocycles. The summed E-state index contributed by atoms with van der Waals surface area (Å²) in [6.07, 6.45) is 4.51. The number of amides is 2. The summed E-state index contributed by atoms with van der Waals surface area (Å²) in [7, 11) is 6.16. The molecule has 14 nitrogen and oxygen atoms in total. The Hall–Kier alpha value is -4.76. The van der Waals surface area contributed by atoms with Gasteiger partial charge in [0.05, 0.1) is 37.8 Å². The van der Waals surface area contributed by atoms with E-state index in [0.717, 1.165) is 31.1 Å². The number of allylic oxidation sites excluding steroid dienone is 4. The number of hydrogen-bond donors (Lipinski definition) is 4. The zero-order valence-electron chi connectivity index (χ0n) is 35.8. The van der Waals surface area contributed by atoms with Crippen LogP contribution in [0.1, 0.15) is 59.9 Å². The molecule has 14 heteroatoms. The first-order valence-corrected chi connectivity index (χ1v) is 19.8. The Labute approximate surface area is 343 Å². The second-order valence-corrected chi connectivity index (χ2v) is 15.5. The van der Waals surface area contributed by atoms with Gasteiger partial charge < -0.3 is 50.1 Å². The summed E-state index contributed by atoms with van der Waals surface area (Å²) < 4.78 is 27.7. The number of primary amides is 1. The highest BCUT2D eigenvalue weighted by Gasteiger charge is 2.33. The number of ether oxygens (including phenoxy) is 5. The predicted octanol–water partition coefficient (Wildman–Crippen LogP) is 4.57. The highest BCUT2D eigenvalue weighted by molar-refractivity contribution is 6.23. The van der Waals surface area contributed by atoms with Crippen LogP contribution in [0.4, 0.5) is 4.79 Å². The SMILES string of the molecule is COc1ccc(CCN(CCNC2=C3C[C@@H](C)C[C@H](OC)[C@H](O)[C@@H](C)/C=C(\C)[C@H](OC(N)=O)[C@@H](OC)/C=C\C=C(/C)C(=O)NC(=CC2=O)C3=O)CC(C)C)cc1OC. The Balaban J connectivity index is 1.95. The van der Waals surface area contributed by atoms with Crippen LogP contribution in [-0.4, -0.2) is 113 Å². The van der Waals surface area contributed by atoms with Gasteiger partial charge in [0.25, 0.3) is 5.91 Å². The lowest BCUT2D eigenvalue weighted by atomic mass is 9.85. The molecular formula is C44H64N4O10. The second kappa shape index (κ2) is 23.0. The van der Waals surface area contributed by atoms with Gasteiger partial charge in [-0.1, -0.05) is 58.1 Å². The van der Waals surface area contributed by atoms with Crippen LogP contribution in [0.5, 0.6) is 11.5 Å². The molecule has 6 atom stereocenters. The van der Waals surface area contributed by atoms with E-state index in [-0.39, 0.29) is 34.9 Å². The van der Waals surface area contributed by atoms with E-state index in [1.807, 2.05) is 32.0 Å². The Morgan fingerprint density at radius 3 is 2.36 bits per heavy atom. The average Bonchev–Trinajstić information content (AvgIpc) is 3.18. The number of carbonyl (C=O) groups excluding carboxylic acids is 4. The van der Waals surface area contributed by atoms with Crippen molar-refractivity contribution in [3.63, 3.8) is 0 Å². The van der Waals surface area contributed by atoms with Gasteiger partial charge in [-0.15, -0.1) is 0 Å². The number of hydrogen-bond acceptors (Lipinski definition) is 12. The van der Waals surface area contributed by atoms with Gasteiger partial charge in [-0.25, -0.2) is 4.79 Å². The van der Waals surface area contributed by atoms with Gasteiger partial charge in [0.2, 0.25) is 11.6 Å². The molecular weight excluding hydrogens is 745 g/mol. The van der Waals surface area contributed by atoms with Gasteiger partial charge in [-0.3, -0.25) is 14.4 Å². The number of fused-ring (bicyclic) bond motifs is 2. The summed E-state index contributed by atoms with van der Waals surface area (Å²) in [5, 5.41) is 17.4.